The first-order valence-corrected chi connectivity index (χ1v) is 12.3. The van der Waals surface area contributed by atoms with E-state index in [1.54, 1.807) is 13.1 Å². The van der Waals surface area contributed by atoms with E-state index in [2.05, 4.69) is 26.2 Å². The largest absolute Gasteiger partial charge is 0.481 e. The van der Waals surface area contributed by atoms with Crippen LogP contribution in [0, 0.1) is 11.8 Å². The summed E-state index contributed by atoms with van der Waals surface area (Å²) in [6.07, 6.45) is 4.22. The van der Waals surface area contributed by atoms with Crippen LogP contribution in [0.1, 0.15) is 49.2 Å². The Bertz CT molecular complexity index is 1060. The molecule has 1 atom stereocenters. The molecule has 0 bridgehead atoms. The maximum absolute atomic E-state index is 13.2. The van der Waals surface area contributed by atoms with Crippen molar-refractivity contribution in [2.45, 2.75) is 38.6 Å². The zero-order valence-electron chi connectivity index (χ0n) is 17.6. The molecule has 2 aliphatic rings. The van der Waals surface area contributed by atoms with Crippen LogP contribution in [0.2, 0.25) is 0 Å². The van der Waals surface area contributed by atoms with E-state index in [1.165, 1.54) is 11.3 Å². The van der Waals surface area contributed by atoms with Gasteiger partial charge in [0, 0.05) is 21.7 Å². The number of esters is 1. The molecule has 9 heteroatoms. The molecule has 2 N–H and O–H groups in total. The lowest BCUT2D eigenvalue weighted by Crippen LogP contribution is -2.38. The number of aliphatic carboxylic acids is 1. The van der Waals surface area contributed by atoms with Crippen LogP contribution in [0.25, 0.3) is 0 Å². The molecule has 168 valence electrons. The van der Waals surface area contributed by atoms with Crippen molar-refractivity contribution in [3.05, 3.63) is 62.2 Å². The number of rotatable bonds is 6. The maximum atomic E-state index is 13.2. The zero-order valence-corrected chi connectivity index (χ0v) is 20.0. The van der Waals surface area contributed by atoms with Gasteiger partial charge in [0.2, 0.25) is 0 Å². The predicted molar refractivity (Wildman–Crippen MR) is 125 cm³/mol. The second kappa shape index (κ2) is 9.95. The summed E-state index contributed by atoms with van der Waals surface area (Å²) in [5, 5.41) is 15.4. The van der Waals surface area contributed by atoms with Crippen molar-refractivity contribution in [1.82, 2.24) is 10.3 Å². The SMILES string of the molecule is CCOC(=O)C1=C(C2CCC(C(=O)O)CC2)NC(c2nccs2)=NC1c1ccccc1Br. The van der Waals surface area contributed by atoms with Gasteiger partial charge in [0.15, 0.2) is 10.8 Å². The summed E-state index contributed by atoms with van der Waals surface area (Å²) in [5.41, 5.74) is 2.12. The minimum Gasteiger partial charge on any atom is -0.481 e. The highest BCUT2D eigenvalue weighted by Gasteiger charge is 2.38. The maximum Gasteiger partial charge on any atom is 0.338 e. The van der Waals surface area contributed by atoms with Crippen LogP contribution in [-0.4, -0.2) is 34.5 Å². The summed E-state index contributed by atoms with van der Waals surface area (Å²) in [7, 11) is 0. The molecule has 0 saturated heterocycles. The summed E-state index contributed by atoms with van der Waals surface area (Å²) < 4.78 is 6.30. The fourth-order valence-corrected chi connectivity index (χ4v) is 5.41. The lowest BCUT2D eigenvalue weighted by atomic mass is 9.78. The lowest BCUT2D eigenvalue weighted by molar-refractivity contribution is -0.143. The lowest BCUT2D eigenvalue weighted by Gasteiger charge is -2.34. The number of carboxylic acids is 1. The molecule has 1 aliphatic carbocycles. The molecule has 1 saturated carbocycles. The first kappa shape index (κ1) is 22.7. The van der Waals surface area contributed by atoms with Gasteiger partial charge >= 0.3 is 11.9 Å². The Hall–Kier alpha value is -2.52. The minimum absolute atomic E-state index is 0.0143. The van der Waals surface area contributed by atoms with Gasteiger partial charge in [0.1, 0.15) is 6.04 Å². The number of carbonyl (C=O) groups is 2. The van der Waals surface area contributed by atoms with E-state index >= 15 is 0 Å². The van der Waals surface area contributed by atoms with Crippen molar-refractivity contribution < 1.29 is 19.4 Å². The van der Waals surface area contributed by atoms with E-state index in [0.717, 1.165) is 20.7 Å². The van der Waals surface area contributed by atoms with Crippen molar-refractivity contribution in [1.29, 1.82) is 0 Å². The fraction of sp³-hybridized carbons (Fsp3) is 0.391. The second-order valence-electron chi connectivity index (χ2n) is 7.80. The van der Waals surface area contributed by atoms with Crippen LogP contribution >= 0.6 is 27.3 Å². The number of nitrogens with zero attached hydrogens (tertiary/aromatic N) is 2. The van der Waals surface area contributed by atoms with Crippen molar-refractivity contribution in [3.8, 4) is 0 Å². The highest BCUT2D eigenvalue weighted by molar-refractivity contribution is 9.10. The van der Waals surface area contributed by atoms with Crippen molar-refractivity contribution in [2.75, 3.05) is 6.61 Å². The number of hydrogen-bond donors (Lipinski definition) is 2. The third kappa shape index (κ3) is 4.63. The Balaban J connectivity index is 1.81. The molecule has 7 nitrogen and oxygen atoms in total. The molecular weight excluding hydrogens is 494 g/mol. The molecule has 0 spiro atoms. The van der Waals surface area contributed by atoms with Gasteiger partial charge in [-0.05, 0) is 50.2 Å². The number of carbonyl (C=O) groups excluding carboxylic acids is 1. The van der Waals surface area contributed by atoms with Crippen LogP contribution in [-0.2, 0) is 14.3 Å². The van der Waals surface area contributed by atoms with Gasteiger partial charge in [0.05, 0.1) is 18.1 Å². The number of benzene rings is 1. The number of aliphatic imine (C=N–C) groups is 1. The summed E-state index contributed by atoms with van der Waals surface area (Å²) in [6, 6.07) is 7.15. The van der Waals surface area contributed by atoms with Gasteiger partial charge in [-0.3, -0.25) is 9.79 Å². The normalized spacial score (nSPS) is 23.3. The number of halogens is 1. The highest BCUT2D eigenvalue weighted by Crippen LogP contribution is 2.41. The fourth-order valence-electron chi connectivity index (χ4n) is 4.32. The summed E-state index contributed by atoms with van der Waals surface area (Å²) in [4.78, 5) is 34.0. The van der Waals surface area contributed by atoms with E-state index < -0.39 is 18.0 Å². The van der Waals surface area contributed by atoms with E-state index in [-0.39, 0.29) is 18.4 Å². The highest BCUT2D eigenvalue weighted by atomic mass is 79.9. The average molecular weight is 518 g/mol. The van der Waals surface area contributed by atoms with Crippen molar-refractivity contribution in [3.63, 3.8) is 0 Å². The standard InChI is InChI=1S/C23H24BrN3O4S/c1-2-31-23(30)17-18(13-7-9-14(10-8-13)22(28)29)26-20(21-25-11-12-32-21)27-19(17)15-5-3-4-6-16(15)24/h3-6,11-14,19H,2,7-10H2,1H3,(H,26,27)(H,28,29). The Kier molecular flexibility index (Phi) is 7.05. The molecule has 2 aromatic rings. The number of amidine groups is 1. The average Bonchev–Trinajstić information content (AvgIpc) is 3.34. The summed E-state index contributed by atoms with van der Waals surface area (Å²) in [6.45, 7) is 2.04. The third-order valence-electron chi connectivity index (χ3n) is 5.89. The first-order valence-electron chi connectivity index (χ1n) is 10.6. The molecule has 1 aromatic heterocycles. The number of aromatic nitrogens is 1. The van der Waals surface area contributed by atoms with Gasteiger partial charge in [-0.2, -0.15) is 0 Å². The van der Waals surface area contributed by atoms with Crippen LogP contribution in [0.15, 0.2) is 56.6 Å². The molecule has 1 fully saturated rings. The van der Waals surface area contributed by atoms with Crippen LogP contribution in [0.5, 0.6) is 0 Å². The molecule has 2 heterocycles. The van der Waals surface area contributed by atoms with Crippen LogP contribution in [0.3, 0.4) is 0 Å². The quantitative estimate of drug-likeness (QED) is 0.538. The third-order valence-corrected chi connectivity index (χ3v) is 7.39. The Morgan fingerprint density at radius 2 is 2.00 bits per heavy atom. The van der Waals surface area contributed by atoms with E-state index in [0.29, 0.717) is 37.1 Å². The van der Waals surface area contributed by atoms with Gasteiger partial charge < -0.3 is 15.2 Å². The number of nitrogens with one attached hydrogen (secondary N) is 1. The summed E-state index contributed by atoms with van der Waals surface area (Å²) >= 11 is 5.08. The molecule has 1 aliphatic heterocycles. The smallest absolute Gasteiger partial charge is 0.338 e. The molecular formula is C23H24BrN3O4S. The first-order chi connectivity index (χ1) is 15.5. The van der Waals surface area contributed by atoms with Crippen LogP contribution in [0.4, 0.5) is 0 Å². The van der Waals surface area contributed by atoms with Gasteiger partial charge in [-0.25, -0.2) is 9.78 Å². The molecule has 1 unspecified atom stereocenters. The van der Waals surface area contributed by atoms with E-state index in [9.17, 15) is 14.7 Å². The minimum atomic E-state index is -0.754. The zero-order chi connectivity index (χ0) is 22.7. The summed E-state index contributed by atoms with van der Waals surface area (Å²) in [5.74, 6) is -0.869. The van der Waals surface area contributed by atoms with Crippen LogP contribution < -0.4 is 5.32 Å². The molecule has 1 aromatic carbocycles. The second-order valence-corrected chi connectivity index (χ2v) is 9.55. The number of allylic oxidation sites excluding steroid dienone is 1. The van der Waals surface area contributed by atoms with E-state index in [4.69, 9.17) is 9.73 Å². The molecule has 0 radical (unpaired) electrons. The monoisotopic (exact) mass is 517 g/mol. The number of carboxylic acid groups (broad SMARTS) is 1. The molecule has 32 heavy (non-hydrogen) atoms. The Labute approximate surface area is 198 Å². The van der Waals surface area contributed by atoms with Gasteiger partial charge in [0.25, 0.3) is 0 Å². The van der Waals surface area contributed by atoms with Crippen molar-refractivity contribution >= 4 is 45.0 Å². The topological polar surface area (TPSA) is 101 Å². The van der Waals surface area contributed by atoms with E-state index in [1.807, 2.05) is 29.6 Å². The number of ether oxygens (including phenoxy) is 1. The van der Waals surface area contributed by atoms with Gasteiger partial charge in [-0.15, -0.1) is 11.3 Å². The predicted octanol–water partition coefficient (Wildman–Crippen LogP) is 4.70. The van der Waals surface area contributed by atoms with Gasteiger partial charge in [-0.1, -0.05) is 34.1 Å². The number of hydrogen-bond acceptors (Lipinski definition) is 7. The number of thiazole rings is 1. The molecule has 4 rings (SSSR count). The Morgan fingerprint density at radius 1 is 1.25 bits per heavy atom. The molecule has 0 amide bonds. The Morgan fingerprint density at radius 3 is 2.62 bits per heavy atom. The van der Waals surface area contributed by atoms with Crippen molar-refractivity contribution in [2.24, 2.45) is 16.8 Å².